The summed E-state index contributed by atoms with van der Waals surface area (Å²) in [4.78, 5) is 37.5. The van der Waals surface area contributed by atoms with Crippen molar-refractivity contribution < 1.29 is 14.3 Å². The third-order valence-electron chi connectivity index (χ3n) is 4.77. The van der Waals surface area contributed by atoms with Crippen molar-refractivity contribution in [1.29, 1.82) is 5.26 Å². The molecule has 1 fully saturated rings. The molecule has 1 atom stereocenters. The van der Waals surface area contributed by atoms with Gasteiger partial charge in [0.2, 0.25) is 5.91 Å². The molecule has 0 bridgehead atoms. The Labute approximate surface area is 174 Å². The first kappa shape index (κ1) is 21.0. The average molecular weight is 408 g/mol. The van der Waals surface area contributed by atoms with Gasteiger partial charge in [0.05, 0.1) is 23.7 Å². The van der Waals surface area contributed by atoms with E-state index in [1.165, 1.54) is 0 Å². The molecule has 1 aliphatic heterocycles. The maximum absolute atomic E-state index is 12.6. The van der Waals surface area contributed by atoms with Crippen molar-refractivity contribution >= 4 is 28.9 Å². The molecule has 1 unspecified atom stereocenters. The smallest absolute Gasteiger partial charge is 0.409 e. The van der Waals surface area contributed by atoms with Crippen LogP contribution in [0.15, 0.2) is 36.9 Å². The molecule has 0 aliphatic carbocycles. The van der Waals surface area contributed by atoms with Crippen LogP contribution in [0, 0.1) is 11.3 Å². The Morgan fingerprint density at radius 2 is 1.93 bits per heavy atom. The fourth-order valence-corrected chi connectivity index (χ4v) is 3.27. The first-order valence-corrected chi connectivity index (χ1v) is 9.80. The van der Waals surface area contributed by atoms with Crippen LogP contribution in [0.5, 0.6) is 0 Å². The molecule has 1 aliphatic rings. The number of amides is 2. The molecule has 2 aromatic rings. The standard InChI is InChI=1S/C21H24N6O3/c1-3-9-23-20(28)15(14-22)18-19(25-17-8-6-5-7-16(17)24-18)26-10-12-27(13-11-26)21(29)30-4-2/h3,5-8,15H,1,4,9-13H2,2H3,(H,23,28). The largest absolute Gasteiger partial charge is 0.450 e. The number of aromatic nitrogens is 2. The van der Waals surface area contributed by atoms with Crippen LogP contribution in [0.3, 0.4) is 0 Å². The van der Waals surface area contributed by atoms with Gasteiger partial charge in [-0.15, -0.1) is 6.58 Å². The van der Waals surface area contributed by atoms with Gasteiger partial charge in [0.15, 0.2) is 11.7 Å². The molecule has 1 N–H and O–H groups in total. The number of para-hydroxylation sites is 2. The van der Waals surface area contributed by atoms with Gasteiger partial charge in [-0.2, -0.15) is 5.26 Å². The first-order valence-electron chi connectivity index (χ1n) is 9.80. The molecular formula is C21H24N6O3. The maximum Gasteiger partial charge on any atom is 0.409 e. The molecule has 1 aromatic heterocycles. The van der Waals surface area contributed by atoms with E-state index in [4.69, 9.17) is 9.72 Å². The maximum atomic E-state index is 12.6. The summed E-state index contributed by atoms with van der Waals surface area (Å²) in [5.41, 5.74) is 1.59. The van der Waals surface area contributed by atoms with Gasteiger partial charge in [-0.25, -0.2) is 14.8 Å². The van der Waals surface area contributed by atoms with Crippen molar-refractivity contribution in [2.24, 2.45) is 0 Å². The lowest BCUT2D eigenvalue weighted by Gasteiger charge is -2.35. The molecule has 2 heterocycles. The van der Waals surface area contributed by atoms with Crippen LogP contribution in [0.4, 0.5) is 10.6 Å². The van der Waals surface area contributed by atoms with Crippen molar-refractivity contribution in [3.05, 3.63) is 42.6 Å². The van der Waals surface area contributed by atoms with Gasteiger partial charge in [0.25, 0.3) is 0 Å². The van der Waals surface area contributed by atoms with Crippen LogP contribution in [-0.2, 0) is 9.53 Å². The van der Waals surface area contributed by atoms with Crippen molar-refractivity contribution in [2.75, 3.05) is 44.2 Å². The second-order valence-electron chi connectivity index (χ2n) is 6.69. The quantitative estimate of drug-likeness (QED) is 0.726. The summed E-state index contributed by atoms with van der Waals surface area (Å²) in [6, 6.07) is 9.38. The predicted molar refractivity (Wildman–Crippen MR) is 112 cm³/mol. The van der Waals surface area contributed by atoms with Gasteiger partial charge < -0.3 is 19.9 Å². The number of nitrogens with one attached hydrogen (secondary N) is 1. The number of anilines is 1. The number of rotatable bonds is 6. The summed E-state index contributed by atoms with van der Waals surface area (Å²) >= 11 is 0. The van der Waals surface area contributed by atoms with Gasteiger partial charge in [0.1, 0.15) is 5.69 Å². The highest BCUT2D eigenvalue weighted by Gasteiger charge is 2.31. The number of piperazine rings is 1. The number of nitrogens with zero attached hydrogens (tertiary/aromatic N) is 5. The minimum atomic E-state index is -1.11. The van der Waals surface area contributed by atoms with E-state index in [1.54, 1.807) is 24.0 Å². The molecule has 2 amide bonds. The molecule has 0 radical (unpaired) electrons. The van der Waals surface area contributed by atoms with Gasteiger partial charge in [-0.3, -0.25) is 4.79 Å². The Bertz CT molecular complexity index is 978. The highest BCUT2D eigenvalue weighted by Crippen LogP contribution is 2.28. The van der Waals surface area contributed by atoms with E-state index in [9.17, 15) is 14.9 Å². The highest BCUT2D eigenvalue weighted by atomic mass is 16.6. The summed E-state index contributed by atoms with van der Waals surface area (Å²) in [6.07, 6.45) is 1.20. The van der Waals surface area contributed by atoms with Crippen molar-refractivity contribution in [2.45, 2.75) is 12.8 Å². The normalized spacial score (nSPS) is 14.7. The van der Waals surface area contributed by atoms with E-state index in [0.717, 1.165) is 0 Å². The summed E-state index contributed by atoms with van der Waals surface area (Å²) in [6.45, 7) is 7.81. The van der Waals surface area contributed by atoms with E-state index in [-0.39, 0.29) is 12.6 Å². The van der Waals surface area contributed by atoms with Crippen LogP contribution in [0.1, 0.15) is 18.5 Å². The molecule has 1 aromatic carbocycles. The number of benzene rings is 1. The number of fused-ring (bicyclic) bond motifs is 1. The van der Waals surface area contributed by atoms with Crippen molar-refractivity contribution in [3.63, 3.8) is 0 Å². The Kier molecular flexibility index (Phi) is 6.80. The summed E-state index contributed by atoms with van der Waals surface area (Å²) in [5.74, 6) is -1.08. The number of nitriles is 1. The van der Waals surface area contributed by atoms with Crippen LogP contribution in [-0.4, -0.2) is 66.2 Å². The number of ether oxygens (including phenoxy) is 1. The number of carbonyl (C=O) groups is 2. The van der Waals surface area contributed by atoms with E-state index in [1.807, 2.05) is 23.1 Å². The lowest BCUT2D eigenvalue weighted by atomic mass is 10.0. The number of hydrogen-bond donors (Lipinski definition) is 1. The first-order chi connectivity index (χ1) is 14.6. The Hall–Kier alpha value is -3.67. The average Bonchev–Trinajstić information content (AvgIpc) is 2.78. The zero-order valence-corrected chi connectivity index (χ0v) is 16.9. The van der Waals surface area contributed by atoms with Crippen molar-refractivity contribution in [3.8, 4) is 6.07 Å². The number of carbonyl (C=O) groups excluding carboxylic acids is 2. The van der Waals surface area contributed by atoms with Gasteiger partial charge in [-0.05, 0) is 19.1 Å². The van der Waals surface area contributed by atoms with Gasteiger partial charge in [0, 0.05) is 32.7 Å². The third-order valence-corrected chi connectivity index (χ3v) is 4.77. The second kappa shape index (κ2) is 9.69. The topological polar surface area (TPSA) is 111 Å². The Morgan fingerprint density at radius 1 is 1.27 bits per heavy atom. The number of hydrogen-bond acceptors (Lipinski definition) is 7. The Balaban J connectivity index is 1.94. The van der Waals surface area contributed by atoms with E-state index in [2.05, 4.69) is 22.9 Å². The molecule has 1 saturated heterocycles. The SMILES string of the molecule is C=CCNC(=O)C(C#N)c1nc2ccccc2nc1N1CCN(C(=O)OCC)CC1. The minimum absolute atomic E-state index is 0.256. The molecule has 156 valence electrons. The fourth-order valence-electron chi connectivity index (χ4n) is 3.27. The molecule has 9 nitrogen and oxygen atoms in total. The highest BCUT2D eigenvalue weighted by molar-refractivity contribution is 5.89. The van der Waals surface area contributed by atoms with E-state index >= 15 is 0 Å². The van der Waals surface area contributed by atoms with E-state index in [0.29, 0.717) is 55.3 Å². The molecule has 3 rings (SSSR count). The van der Waals surface area contributed by atoms with E-state index < -0.39 is 11.8 Å². The predicted octanol–water partition coefficient (Wildman–Crippen LogP) is 1.82. The van der Waals surface area contributed by atoms with Crippen molar-refractivity contribution in [1.82, 2.24) is 20.2 Å². The third kappa shape index (κ3) is 4.49. The van der Waals surface area contributed by atoms with Crippen LogP contribution < -0.4 is 10.2 Å². The van der Waals surface area contributed by atoms with Crippen LogP contribution in [0.2, 0.25) is 0 Å². The monoisotopic (exact) mass is 408 g/mol. The van der Waals surface area contributed by atoms with Crippen LogP contribution in [0.25, 0.3) is 11.0 Å². The zero-order chi connectivity index (χ0) is 21.5. The second-order valence-corrected chi connectivity index (χ2v) is 6.69. The Morgan fingerprint density at radius 3 is 2.53 bits per heavy atom. The summed E-state index contributed by atoms with van der Waals surface area (Å²) in [7, 11) is 0. The molecule has 0 saturated carbocycles. The summed E-state index contributed by atoms with van der Waals surface area (Å²) < 4.78 is 5.06. The molecule has 0 spiro atoms. The molecule has 9 heteroatoms. The van der Waals surface area contributed by atoms with Crippen LogP contribution >= 0.6 is 0 Å². The molecule has 30 heavy (non-hydrogen) atoms. The van der Waals surface area contributed by atoms with Gasteiger partial charge >= 0.3 is 6.09 Å². The fraction of sp³-hybridized carbons (Fsp3) is 0.381. The summed E-state index contributed by atoms with van der Waals surface area (Å²) in [5, 5.41) is 12.4. The lowest BCUT2D eigenvalue weighted by Crippen LogP contribution is -2.49. The minimum Gasteiger partial charge on any atom is -0.450 e. The van der Waals surface area contributed by atoms with Gasteiger partial charge in [-0.1, -0.05) is 18.2 Å². The zero-order valence-electron chi connectivity index (χ0n) is 16.9. The lowest BCUT2D eigenvalue weighted by molar-refractivity contribution is -0.121. The molecular weight excluding hydrogens is 384 g/mol.